The molecule has 0 aliphatic carbocycles. The Balaban J connectivity index is 1.47. The molecular formula is C44H39N7. The summed E-state index contributed by atoms with van der Waals surface area (Å²) in [7, 11) is 0. The van der Waals surface area contributed by atoms with E-state index in [0.29, 0.717) is 34.9 Å². The van der Waals surface area contributed by atoms with E-state index in [1.54, 1.807) is 0 Å². The predicted molar refractivity (Wildman–Crippen MR) is 207 cm³/mol. The van der Waals surface area contributed by atoms with Gasteiger partial charge >= 0.3 is 0 Å². The molecule has 5 aromatic carbocycles. The van der Waals surface area contributed by atoms with Gasteiger partial charge in [0.15, 0.2) is 11.6 Å². The quantitative estimate of drug-likeness (QED) is 0.182. The van der Waals surface area contributed by atoms with Crippen LogP contribution in [0.25, 0.3) is 72.5 Å². The molecule has 0 N–H and O–H groups in total. The Hall–Kier alpha value is -6.08. The molecule has 0 amide bonds. The molecule has 8 rings (SSSR count). The number of aryl methyl sites for hydroxylation is 8. The lowest BCUT2D eigenvalue weighted by Crippen LogP contribution is -2.05. The maximum Gasteiger partial charge on any atom is 0.165 e. The van der Waals surface area contributed by atoms with Crippen LogP contribution in [0.3, 0.4) is 0 Å². The Kier molecular flexibility index (Phi) is 7.79. The molecule has 250 valence electrons. The van der Waals surface area contributed by atoms with Gasteiger partial charge < -0.3 is 4.57 Å². The van der Waals surface area contributed by atoms with Crippen LogP contribution < -0.4 is 0 Å². The fraction of sp³-hybridized carbons (Fsp3) is 0.182. The first-order valence-corrected chi connectivity index (χ1v) is 17.3. The van der Waals surface area contributed by atoms with Crippen LogP contribution in [0.1, 0.15) is 45.6 Å². The summed E-state index contributed by atoms with van der Waals surface area (Å²) in [5.74, 6) is 3.90. The largest absolute Gasteiger partial charge is 0.308 e. The fourth-order valence-corrected chi connectivity index (χ4v) is 7.45. The first kappa shape index (κ1) is 32.1. The van der Waals surface area contributed by atoms with Gasteiger partial charge in [0.1, 0.15) is 23.3 Å². The standard InChI is InChI=1S/C44H39N7/c1-24-15-25(2)18-35(17-24)32-9-12-37-38-13-10-33(36-19-26(3)16-27(4)20-36)23-42(38)51(41(37)22-32)40-14-11-34(43-47-28(5)45-29(6)48-43)21-39(40)44-49-30(7)46-31(8)50-44/h9-23H,1-8H3. The molecule has 7 heteroatoms. The van der Waals surface area contributed by atoms with Gasteiger partial charge in [-0.25, -0.2) is 29.9 Å². The van der Waals surface area contributed by atoms with E-state index in [0.717, 1.165) is 39.0 Å². The summed E-state index contributed by atoms with van der Waals surface area (Å²) in [6, 6.07) is 33.5. The van der Waals surface area contributed by atoms with Crippen molar-refractivity contribution in [3.63, 3.8) is 0 Å². The minimum Gasteiger partial charge on any atom is -0.308 e. The third-order valence-electron chi connectivity index (χ3n) is 9.33. The normalized spacial score (nSPS) is 11.5. The van der Waals surface area contributed by atoms with E-state index in [1.165, 1.54) is 44.2 Å². The molecule has 0 bridgehead atoms. The first-order valence-electron chi connectivity index (χ1n) is 17.3. The van der Waals surface area contributed by atoms with Gasteiger partial charge in [0.25, 0.3) is 0 Å². The number of nitrogens with zero attached hydrogens (tertiary/aromatic N) is 7. The summed E-state index contributed by atoms with van der Waals surface area (Å²) in [4.78, 5) is 28.1. The van der Waals surface area contributed by atoms with Gasteiger partial charge in [0, 0.05) is 21.9 Å². The Morgan fingerprint density at radius 2 is 0.765 bits per heavy atom. The smallest absolute Gasteiger partial charge is 0.165 e. The molecule has 51 heavy (non-hydrogen) atoms. The van der Waals surface area contributed by atoms with Crippen LogP contribution in [-0.4, -0.2) is 34.5 Å². The lowest BCUT2D eigenvalue weighted by molar-refractivity contribution is 0.924. The zero-order chi connectivity index (χ0) is 35.6. The molecule has 0 atom stereocenters. The summed E-state index contributed by atoms with van der Waals surface area (Å²) in [6.07, 6.45) is 0. The second-order valence-corrected chi connectivity index (χ2v) is 13.8. The molecule has 0 saturated heterocycles. The second-order valence-electron chi connectivity index (χ2n) is 13.8. The zero-order valence-corrected chi connectivity index (χ0v) is 30.3. The monoisotopic (exact) mass is 665 g/mol. The maximum atomic E-state index is 4.89. The molecule has 3 heterocycles. The van der Waals surface area contributed by atoms with Gasteiger partial charge in [-0.05, 0) is 108 Å². The van der Waals surface area contributed by atoms with Crippen molar-refractivity contribution in [3.05, 3.63) is 137 Å². The van der Waals surface area contributed by atoms with Gasteiger partial charge in [-0.15, -0.1) is 0 Å². The molecule has 0 fully saturated rings. The van der Waals surface area contributed by atoms with Crippen LogP contribution in [0.15, 0.2) is 91.0 Å². The summed E-state index contributed by atoms with van der Waals surface area (Å²) >= 11 is 0. The molecular weight excluding hydrogens is 627 g/mol. The highest BCUT2D eigenvalue weighted by Gasteiger charge is 2.21. The van der Waals surface area contributed by atoms with E-state index in [-0.39, 0.29) is 0 Å². The lowest BCUT2D eigenvalue weighted by atomic mass is 9.98. The molecule has 0 unspecified atom stereocenters. The van der Waals surface area contributed by atoms with Crippen LogP contribution in [0.2, 0.25) is 0 Å². The number of rotatable bonds is 5. The van der Waals surface area contributed by atoms with Crippen molar-refractivity contribution in [2.24, 2.45) is 0 Å². The van der Waals surface area contributed by atoms with E-state index in [2.05, 4.69) is 133 Å². The number of hydrogen-bond donors (Lipinski definition) is 0. The first-order chi connectivity index (χ1) is 24.5. The Morgan fingerprint density at radius 3 is 1.22 bits per heavy atom. The molecule has 0 spiro atoms. The molecule has 7 nitrogen and oxygen atoms in total. The second kappa shape index (κ2) is 12.4. The number of hydrogen-bond acceptors (Lipinski definition) is 6. The van der Waals surface area contributed by atoms with Crippen molar-refractivity contribution in [2.45, 2.75) is 55.4 Å². The van der Waals surface area contributed by atoms with Crippen LogP contribution in [0.5, 0.6) is 0 Å². The van der Waals surface area contributed by atoms with Crippen molar-refractivity contribution in [3.8, 4) is 50.7 Å². The van der Waals surface area contributed by atoms with E-state index in [1.807, 2.05) is 27.7 Å². The van der Waals surface area contributed by atoms with Crippen molar-refractivity contribution in [1.82, 2.24) is 34.5 Å². The zero-order valence-electron chi connectivity index (χ0n) is 30.3. The third kappa shape index (κ3) is 6.05. The fourth-order valence-electron chi connectivity index (χ4n) is 7.45. The lowest BCUT2D eigenvalue weighted by Gasteiger charge is -2.16. The average Bonchev–Trinajstić information content (AvgIpc) is 3.39. The van der Waals surface area contributed by atoms with Crippen LogP contribution in [0, 0.1) is 55.4 Å². The highest BCUT2D eigenvalue weighted by molar-refractivity contribution is 6.11. The van der Waals surface area contributed by atoms with Gasteiger partial charge in [0.2, 0.25) is 0 Å². The number of fused-ring (bicyclic) bond motifs is 3. The van der Waals surface area contributed by atoms with Gasteiger partial charge in [-0.2, -0.15) is 0 Å². The summed E-state index contributed by atoms with van der Waals surface area (Å²) in [5.41, 5.74) is 14.6. The van der Waals surface area contributed by atoms with Gasteiger partial charge in [0.05, 0.1) is 16.7 Å². The van der Waals surface area contributed by atoms with E-state index in [9.17, 15) is 0 Å². The van der Waals surface area contributed by atoms with E-state index >= 15 is 0 Å². The minimum absolute atomic E-state index is 0.602. The van der Waals surface area contributed by atoms with Crippen LogP contribution in [-0.2, 0) is 0 Å². The molecule has 0 radical (unpaired) electrons. The SMILES string of the molecule is Cc1cc(C)cc(-c2ccc3c4ccc(-c5cc(C)cc(C)c5)cc4n(-c4ccc(-c5nc(C)nc(C)n5)cc4-c4nc(C)nc(C)n4)c3c2)c1. The van der Waals surface area contributed by atoms with E-state index < -0.39 is 0 Å². The molecule has 8 aromatic rings. The molecule has 3 aromatic heterocycles. The number of aromatic nitrogens is 7. The molecule has 0 aliphatic rings. The third-order valence-corrected chi connectivity index (χ3v) is 9.33. The summed E-state index contributed by atoms with van der Waals surface area (Å²) < 4.78 is 2.38. The van der Waals surface area contributed by atoms with Gasteiger partial charge in [-0.1, -0.05) is 82.9 Å². The van der Waals surface area contributed by atoms with Crippen LogP contribution >= 0.6 is 0 Å². The van der Waals surface area contributed by atoms with E-state index in [4.69, 9.17) is 19.9 Å². The van der Waals surface area contributed by atoms with Crippen molar-refractivity contribution < 1.29 is 0 Å². The Morgan fingerprint density at radius 1 is 0.353 bits per heavy atom. The predicted octanol–water partition coefficient (Wildman–Crippen LogP) is 10.3. The minimum atomic E-state index is 0.602. The average molecular weight is 666 g/mol. The summed E-state index contributed by atoms with van der Waals surface area (Å²) in [6.45, 7) is 16.2. The molecule has 0 saturated carbocycles. The Bertz CT molecular complexity index is 2500. The highest BCUT2D eigenvalue weighted by Crippen LogP contribution is 2.40. The van der Waals surface area contributed by atoms with Crippen molar-refractivity contribution in [1.29, 1.82) is 0 Å². The maximum absolute atomic E-state index is 4.89. The van der Waals surface area contributed by atoms with Crippen molar-refractivity contribution in [2.75, 3.05) is 0 Å². The Labute approximate surface area is 298 Å². The molecule has 0 aliphatic heterocycles. The van der Waals surface area contributed by atoms with Crippen LogP contribution in [0.4, 0.5) is 0 Å². The topological polar surface area (TPSA) is 82.3 Å². The number of benzene rings is 5. The summed E-state index contributed by atoms with van der Waals surface area (Å²) in [5, 5.41) is 2.35. The highest BCUT2D eigenvalue weighted by atomic mass is 15.0. The van der Waals surface area contributed by atoms with Gasteiger partial charge in [-0.3, -0.25) is 0 Å². The van der Waals surface area contributed by atoms with Crippen molar-refractivity contribution >= 4 is 21.8 Å².